The van der Waals surface area contributed by atoms with Crippen molar-refractivity contribution in [2.24, 2.45) is 5.92 Å². The van der Waals surface area contributed by atoms with Gasteiger partial charge in [0.2, 0.25) is 0 Å². The summed E-state index contributed by atoms with van der Waals surface area (Å²) in [6.45, 7) is 6.25. The second-order valence-corrected chi connectivity index (χ2v) is 11.2. The Morgan fingerprint density at radius 1 is 1.02 bits per heavy atom. The van der Waals surface area contributed by atoms with Crippen molar-refractivity contribution in [2.75, 3.05) is 56.6 Å². The third-order valence-corrected chi connectivity index (χ3v) is 8.61. The Kier molecular flexibility index (Phi) is 10.7. The van der Waals surface area contributed by atoms with E-state index in [4.69, 9.17) is 4.74 Å². The Balaban J connectivity index is 0.00000185. The van der Waals surface area contributed by atoms with E-state index in [2.05, 4.69) is 55.6 Å². The number of nitrogens with one attached hydrogen (secondary N) is 3. The minimum Gasteiger partial charge on any atom is -0.378 e. The van der Waals surface area contributed by atoms with Crippen LogP contribution >= 0.6 is 24.8 Å². The SMILES string of the molecule is CN1CCC[C@@H]1c1cc2cnc(NC(=O)c3ccc(N4CCC(OCC5CCNCC5)CC4)cc3)cc2[nH]1.Cl.Cl. The molecule has 1 amide bonds. The highest BCUT2D eigenvalue weighted by Gasteiger charge is 2.25. The van der Waals surface area contributed by atoms with Crippen LogP contribution in [0, 0.1) is 5.92 Å². The van der Waals surface area contributed by atoms with Gasteiger partial charge in [-0.1, -0.05) is 0 Å². The monoisotopic (exact) mass is 588 g/mol. The number of hydrogen-bond donors (Lipinski definition) is 3. The zero-order chi connectivity index (χ0) is 25.9. The van der Waals surface area contributed by atoms with Gasteiger partial charge in [-0.2, -0.15) is 0 Å². The molecule has 0 aliphatic carbocycles. The zero-order valence-electron chi connectivity index (χ0n) is 23.2. The number of ether oxygens (including phenoxy) is 1. The van der Waals surface area contributed by atoms with Gasteiger partial charge in [0.25, 0.3) is 5.91 Å². The number of likely N-dealkylation sites (tertiary alicyclic amines) is 1. The van der Waals surface area contributed by atoms with Gasteiger partial charge >= 0.3 is 0 Å². The van der Waals surface area contributed by atoms with Crippen molar-refractivity contribution in [3.05, 3.63) is 53.9 Å². The van der Waals surface area contributed by atoms with Crippen molar-refractivity contribution >= 4 is 53.1 Å². The fraction of sp³-hybridized carbons (Fsp3) is 0.533. The maximum Gasteiger partial charge on any atom is 0.256 e. The number of pyridine rings is 1. The summed E-state index contributed by atoms with van der Waals surface area (Å²) >= 11 is 0. The Morgan fingerprint density at radius 3 is 2.48 bits per heavy atom. The van der Waals surface area contributed by atoms with E-state index in [1.54, 1.807) is 0 Å². The molecule has 6 rings (SSSR count). The molecule has 10 heteroatoms. The summed E-state index contributed by atoms with van der Waals surface area (Å²) in [5, 5.41) is 7.47. The molecule has 0 saturated carbocycles. The van der Waals surface area contributed by atoms with Gasteiger partial charge in [0.05, 0.1) is 11.6 Å². The van der Waals surface area contributed by atoms with Crippen LogP contribution in [0.25, 0.3) is 10.9 Å². The van der Waals surface area contributed by atoms with Gasteiger partial charge in [0.1, 0.15) is 5.82 Å². The first-order chi connectivity index (χ1) is 18.6. The number of fused-ring (bicyclic) bond motifs is 1. The molecular weight excluding hydrogens is 547 g/mol. The van der Waals surface area contributed by atoms with Gasteiger partial charge < -0.3 is 25.3 Å². The van der Waals surface area contributed by atoms with Crippen molar-refractivity contribution in [3.63, 3.8) is 0 Å². The van der Waals surface area contributed by atoms with E-state index in [0.717, 1.165) is 68.8 Å². The molecule has 218 valence electrons. The number of hydrogen-bond acceptors (Lipinski definition) is 6. The number of nitrogens with zero attached hydrogens (tertiary/aromatic N) is 3. The number of benzene rings is 1. The topological polar surface area (TPSA) is 85.5 Å². The highest BCUT2D eigenvalue weighted by Crippen LogP contribution is 2.32. The number of aromatic nitrogens is 2. The van der Waals surface area contributed by atoms with Crippen LogP contribution in [0.15, 0.2) is 42.6 Å². The predicted octanol–water partition coefficient (Wildman–Crippen LogP) is 5.41. The van der Waals surface area contributed by atoms with Crippen LogP contribution in [-0.4, -0.2) is 73.3 Å². The van der Waals surface area contributed by atoms with E-state index >= 15 is 0 Å². The van der Waals surface area contributed by atoms with E-state index in [9.17, 15) is 4.79 Å². The highest BCUT2D eigenvalue weighted by atomic mass is 35.5. The van der Waals surface area contributed by atoms with Crippen LogP contribution in [0.3, 0.4) is 0 Å². The summed E-state index contributed by atoms with van der Waals surface area (Å²) in [5.41, 5.74) is 4.02. The molecule has 3 aromatic rings. The number of rotatable bonds is 7. The third kappa shape index (κ3) is 7.09. The van der Waals surface area contributed by atoms with Crippen LogP contribution in [-0.2, 0) is 4.74 Å². The Bertz CT molecular complexity index is 1240. The molecule has 0 radical (unpaired) electrons. The van der Waals surface area contributed by atoms with Crippen molar-refractivity contribution in [1.82, 2.24) is 20.2 Å². The van der Waals surface area contributed by atoms with Gasteiger partial charge in [0, 0.05) is 60.3 Å². The summed E-state index contributed by atoms with van der Waals surface area (Å²) in [6, 6.07) is 12.5. The molecule has 1 aromatic carbocycles. The number of halogens is 2. The molecule has 3 fully saturated rings. The fourth-order valence-corrected chi connectivity index (χ4v) is 6.21. The fourth-order valence-electron chi connectivity index (χ4n) is 6.21. The first kappa shape index (κ1) is 30.6. The molecule has 1 atom stereocenters. The standard InChI is InChI=1S/C30H40N6O2.2ClH/c1-35-14-2-3-28(35)27-17-23-19-32-29(18-26(23)33-27)34-30(37)22-4-6-24(7-5-22)36-15-10-25(11-16-36)38-20-21-8-12-31-13-9-21;;/h4-7,17-19,21,25,28,31,33H,2-3,8-16,20H2,1H3,(H,32,34,37);2*1H/t28-;;/m1../s1. The highest BCUT2D eigenvalue weighted by molar-refractivity contribution is 6.04. The average molecular weight is 590 g/mol. The second-order valence-electron chi connectivity index (χ2n) is 11.2. The largest absolute Gasteiger partial charge is 0.378 e. The first-order valence-electron chi connectivity index (χ1n) is 14.3. The van der Waals surface area contributed by atoms with Crippen molar-refractivity contribution in [2.45, 2.75) is 50.7 Å². The van der Waals surface area contributed by atoms with Crippen LogP contribution in [0.4, 0.5) is 11.5 Å². The van der Waals surface area contributed by atoms with Gasteiger partial charge in [0.15, 0.2) is 0 Å². The van der Waals surface area contributed by atoms with E-state index in [-0.39, 0.29) is 30.7 Å². The normalized spacial score (nSPS) is 20.7. The molecule has 5 heterocycles. The van der Waals surface area contributed by atoms with Crippen LogP contribution in [0.2, 0.25) is 0 Å². The molecule has 8 nitrogen and oxygen atoms in total. The number of piperidine rings is 2. The van der Waals surface area contributed by atoms with Gasteiger partial charge in [-0.15, -0.1) is 24.8 Å². The number of anilines is 2. The summed E-state index contributed by atoms with van der Waals surface area (Å²) in [6.07, 6.45) is 9.16. The maximum absolute atomic E-state index is 12.9. The molecule has 0 unspecified atom stereocenters. The zero-order valence-corrected chi connectivity index (χ0v) is 24.9. The van der Waals surface area contributed by atoms with Crippen molar-refractivity contribution < 1.29 is 9.53 Å². The van der Waals surface area contributed by atoms with E-state index in [1.807, 2.05) is 24.4 Å². The number of carbonyl (C=O) groups is 1. The van der Waals surface area contributed by atoms with Crippen molar-refractivity contribution in [1.29, 1.82) is 0 Å². The van der Waals surface area contributed by atoms with Gasteiger partial charge in [-0.3, -0.25) is 9.69 Å². The molecule has 0 spiro atoms. The van der Waals surface area contributed by atoms with Gasteiger partial charge in [-0.25, -0.2) is 4.98 Å². The van der Waals surface area contributed by atoms with Crippen molar-refractivity contribution in [3.8, 4) is 0 Å². The molecule has 2 aromatic heterocycles. The molecular formula is C30H42Cl2N6O2. The smallest absolute Gasteiger partial charge is 0.256 e. The summed E-state index contributed by atoms with van der Waals surface area (Å²) in [4.78, 5) is 25.7. The van der Waals surface area contributed by atoms with Crippen LogP contribution in [0.5, 0.6) is 0 Å². The number of amides is 1. The van der Waals surface area contributed by atoms with E-state index < -0.39 is 0 Å². The quantitative estimate of drug-likeness (QED) is 0.342. The minimum atomic E-state index is -0.143. The average Bonchev–Trinajstić information content (AvgIpc) is 3.58. The molecule has 3 aliphatic rings. The van der Waals surface area contributed by atoms with Crippen LogP contribution in [0.1, 0.15) is 60.6 Å². The Hall–Kier alpha value is -2.36. The summed E-state index contributed by atoms with van der Waals surface area (Å²) in [7, 11) is 2.17. The summed E-state index contributed by atoms with van der Waals surface area (Å²) in [5.74, 6) is 1.13. The van der Waals surface area contributed by atoms with Crippen LogP contribution < -0.4 is 15.5 Å². The number of carbonyl (C=O) groups excluding carboxylic acids is 1. The first-order valence-corrected chi connectivity index (χ1v) is 14.3. The lowest BCUT2D eigenvalue weighted by Crippen LogP contribution is -2.38. The third-order valence-electron chi connectivity index (χ3n) is 8.61. The Labute approximate surface area is 249 Å². The molecule has 3 N–H and O–H groups in total. The lowest BCUT2D eigenvalue weighted by molar-refractivity contribution is 0.00948. The number of aromatic amines is 1. The predicted molar refractivity (Wildman–Crippen MR) is 166 cm³/mol. The lowest BCUT2D eigenvalue weighted by Gasteiger charge is -2.34. The molecule has 0 bridgehead atoms. The second kappa shape index (κ2) is 14.0. The lowest BCUT2D eigenvalue weighted by atomic mass is 9.99. The number of H-pyrrole nitrogens is 1. The minimum absolute atomic E-state index is 0. The maximum atomic E-state index is 12.9. The molecule has 40 heavy (non-hydrogen) atoms. The summed E-state index contributed by atoms with van der Waals surface area (Å²) < 4.78 is 6.25. The molecule has 3 aliphatic heterocycles. The molecule has 3 saturated heterocycles. The van der Waals surface area contributed by atoms with E-state index in [1.165, 1.54) is 31.4 Å². The Morgan fingerprint density at radius 2 is 1.77 bits per heavy atom. The van der Waals surface area contributed by atoms with E-state index in [0.29, 0.717) is 29.4 Å². The van der Waals surface area contributed by atoms with Gasteiger partial charge in [-0.05, 0) is 101 Å².